The maximum Gasteiger partial charge on any atom is 0.407 e. The second kappa shape index (κ2) is 8.81. The van der Waals surface area contributed by atoms with Gasteiger partial charge in [-0.25, -0.2) is 4.79 Å². The molecule has 134 valence electrons. The highest BCUT2D eigenvalue weighted by atomic mass is 16.5. The summed E-state index contributed by atoms with van der Waals surface area (Å²) in [5, 5.41) is 12.5. The van der Waals surface area contributed by atoms with Gasteiger partial charge in [0, 0.05) is 24.0 Å². The Balaban J connectivity index is 1.87. The quantitative estimate of drug-likeness (QED) is 0.707. The maximum absolute atomic E-state index is 12.3. The van der Waals surface area contributed by atoms with Gasteiger partial charge in [-0.05, 0) is 44.9 Å². The number of nitrogens with one attached hydrogen (secondary N) is 3. The molecular weight excluding hydrogens is 322 g/mol. The van der Waals surface area contributed by atoms with Crippen molar-refractivity contribution in [2.45, 2.75) is 33.7 Å². The molecule has 2 aromatic heterocycles. The first-order valence-electron chi connectivity index (χ1n) is 8.15. The second-order valence-corrected chi connectivity index (χ2v) is 5.53. The van der Waals surface area contributed by atoms with Gasteiger partial charge in [0.05, 0.1) is 24.5 Å². The summed E-state index contributed by atoms with van der Waals surface area (Å²) in [6.45, 7) is 6.65. The molecule has 2 amide bonds. The third-order valence-electron chi connectivity index (χ3n) is 3.71. The van der Waals surface area contributed by atoms with Crippen molar-refractivity contribution < 1.29 is 14.3 Å². The van der Waals surface area contributed by atoms with Gasteiger partial charge in [0.15, 0.2) is 0 Å². The molecular formula is C17H23N5O3. The summed E-state index contributed by atoms with van der Waals surface area (Å²) >= 11 is 0. The monoisotopic (exact) mass is 345 g/mol. The molecule has 0 aliphatic rings. The van der Waals surface area contributed by atoms with Crippen LogP contribution in [0.15, 0.2) is 18.3 Å². The molecule has 2 aromatic rings. The summed E-state index contributed by atoms with van der Waals surface area (Å²) < 4.78 is 4.78. The predicted molar refractivity (Wildman–Crippen MR) is 92.2 cm³/mol. The Morgan fingerprint density at radius 2 is 2.08 bits per heavy atom. The van der Waals surface area contributed by atoms with Gasteiger partial charge >= 0.3 is 6.09 Å². The lowest BCUT2D eigenvalue weighted by atomic mass is 10.1. The van der Waals surface area contributed by atoms with E-state index >= 15 is 0 Å². The number of carbonyl (C=O) groups excluding carboxylic acids is 2. The highest BCUT2D eigenvalue weighted by Crippen LogP contribution is 2.09. The summed E-state index contributed by atoms with van der Waals surface area (Å²) in [6, 6.07) is 3.29. The van der Waals surface area contributed by atoms with E-state index in [2.05, 4.69) is 25.8 Å². The summed E-state index contributed by atoms with van der Waals surface area (Å²) in [7, 11) is 0. The molecule has 0 atom stereocenters. The molecule has 0 spiro atoms. The number of pyridine rings is 1. The van der Waals surface area contributed by atoms with Crippen LogP contribution in [0.5, 0.6) is 0 Å². The Hall–Kier alpha value is -2.90. The van der Waals surface area contributed by atoms with Crippen LogP contribution in [0.4, 0.5) is 4.79 Å². The molecule has 0 fully saturated rings. The van der Waals surface area contributed by atoms with Crippen molar-refractivity contribution >= 4 is 12.0 Å². The number of aromatic nitrogens is 3. The van der Waals surface area contributed by atoms with Crippen LogP contribution in [0.3, 0.4) is 0 Å². The highest BCUT2D eigenvalue weighted by Gasteiger charge is 2.10. The number of rotatable bonds is 7. The first kappa shape index (κ1) is 18.4. The van der Waals surface area contributed by atoms with Crippen LogP contribution in [-0.2, 0) is 17.7 Å². The van der Waals surface area contributed by atoms with E-state index in [4.69, 9.17) is 4.74 Å². The van der Waals surface area contributed by atoms with E-state index in [0.717, 1.165) is 17.0 Å². The van der Waals surface area contributed by atoms with Crippen molar-refractivity contribution in [3.63, 3.8) is 0 Å². The summed E-state index contributed by atoms with van der Waals surface area (Å²) in [6.07, 6.45) is 1.74. The number of hydrogen-bond acceptors (Lipinski definition) is 5. The minimum atomic E-state index is -0.509. The van der Waals surface area contributed by atoms with Crippen LogP contribution < -0.4 is 10.6 Å². The molecule has 0 saturated heterocycles. The Morgan fingerprint density at radius 1 is 1.28 bits per heavy atom. The largest absolute Gasteiger partial charge is 0.450 e. The average Bonchev–Trinajstić information content (AvgIpc) is 2.92. The smallest absolute Gasteiger partial charge is 0.407 e. The first-order valence-corrected chi connectivity index (χ1v) is 8.15. The van der Waals surface area contributed by atoms with Crippen LogP contribution >= 0.6 is 0 Å². The molecule has 0 unspecified atom stereocenters. The number of carbonyl (C=O) groups is 2. The van der Waals surface area contributed by atoms with Gasteiger partial charge in [0.1, 0.15) is 0 Å². The highest BCUT2D eigenvalue weighted by molar-refractivity contribution is 5.94. The fourth-order valence-electron chi connectivity index (χ4n) is 2.41. The number of amides is 2. The Morgan fingerprint density at radius 3 is 2.76 bits per heavy atom. The van der Waals surface area contributed by atoms with E-state index in [0.29, 0.717) is 30.8 Å². The molecule has 25 heavy (non-hydrogen) atoms. The number of ether oxygens (including phenoxy) is 1. The third kappa shape index (κ3) is 5.30. The fraction of sp³-hybridized carbons (Fsp3) is 0.412. The van der Waals surface area contributed by atoms with Crippen molar-refractivity contribution in [2.75, 3.05) is 13.2 Å². The van der Waals surface area contributed by atoms with Gasteiger partial charge in [0.2, 0.25) is 0 Å². The lowest BCUT2D eigenvalue weighted by Crippen LogP contribution is -2.27. The van der Waals surface area contributed by atoms with Crippen LogP contribution in [-0.4, -0.2) is 40.3 Å². The summed E-state index contributed by atoms with van der Waals surface area (Å²) in [5.41, 5.74) is 4.17. The number of alkyl carbamates (subject to hydrolysis) is 1. The van der Waals surface area contributed by atoms with Gasteiger partial charge in [-0.2, -0.15) is 5.10 Å². The van der Waals surface area contributed by atoms with Crippen LogP contribution in [0, 0.1) is 13.8 Å². The van der Waals surface area contributed by atoms with Crippen molar-refractivity contribution in [1.82, 2.24) is 25.8 Å². The molecule has 2 rings (SSSR count). The Kier molecular flexibility index (Phi) is 6.50. The van der Waals surface area contributed by atoms with Crippen molar-refractivity contribution in [1.29, 1.82) is 0 Å². The Bertz CT molecular complexity index is 722. The van der Waals surface area contributed by atoms with Crippen molar-refractivity contribution in [3.05, 3.63) is 46.5 Å². The normalized spacial score (nSPS) is 10.4. The minimum absolute atomic E-state index is 0.182. The zero-order valence-corrected chi connectivity index (χ0v) is 14.7. The lowest BCUT2D eigenvalue weighted by molar-refractivity contribution is 0.0954. The molecule has 8 heteroatoms. The van der Waals surface area contributed by atoms with E-state index in [1.54, 1.807) is 25.3 Å². The van der Waals surface area contributed by atoms with Crippen LogP contribution in [0.1, 0.15) is 39.9 Å². The molecule has 8 nitrogen and oxygen atoms in total. The lowest BCUT2D eigenvalue weighted by Gasteiger charge is -2.08. The number of hydrogen-bond donors (Lipinski definition) is 3. The summed E-state index contributed by atoms with van der Waals surface area (Å²) in [5.74, 6) is -0.182. The Labute approximate surface area is 146 Å². The maximum atomic E-state index is 12.3. The molecule has 0 aliphatic carbocycles. The van der Waals surface area contributed by atoms with Gasteiger partial charge in [0.25, 0.3) is 5.91 Å². The van der Waals surface area contributed by atoms with Gasteiger partial charge in [-0.3, -0.25) is 14.9 Å². The van der Waals surface area contributed by atoms with E-state index < -0.39 is 6.09 Å². The number of aryl methyl sites for hydroxylation is 2. The zero-order chi connectivity index (χ0) is 18.2. The first-order chi connectivity index (χ1) is 12.0. The molecule has 0 bridgehead atoms. The number of H-pyrrole nitrogens is 1. The van der Waals surface area contributed by atoms with E-state index in [1.807, 2.05) is 13.8 Å². The number of aromatic amines is 1. The molecule has 2 heterocycles. The van der Waals surface area contributed by atoms with Crippen LogP contribution in [0.2, 0.25) is 0 Å². The van der Waals surface area contributed by atoms with Crippen molar-refractivity contribution in [2.24, 2.45) is 0 Å². The molecule has 0 saturated carbocycles. The average molecular weight is 345 g/mol. The minimum Gasteiger partial charge on any atom is -0.450 e. The van der Waals surface area contributed by atoms with Gasteiger partial charge < -0.3 is 15.4 Å². The molecule has 0 radical (unpaired) electrons. The fourth-order valence-corrected chi connectivity index (χ4v) is 2.41. The summed E-state index contributed by atoms with van der Waals surface area (Å²) in [4.78, 5) is 27.7. The third-order valence-corrected chi connectivity index (χ3v) is 3.71. The topological polar surface area (TPSA) is 109 Å². The van der Waals surface area contributed by atoms with Crippen LogP contribution in [0.25, 0.3) is 0 Å². The van der Waals surface area contributed by atoms with Crippen molar-refractivity contribution in [3.8, 4) is 0 Å². The number of nitrogens with zero attached hydrogens (tertiary/aromatic N) is 2. The van der Waals surface area contributed by atoms with E-state index in [1.165, 1.54) is 0 Å². The predicted octanol–water partition coefficient (Wildman–Crippen LogP) is 1.64. The molecule has 0 aromatic carbocycles. The SMILES string of the molecule is CCOC(=O)NCc1cc(C(=O)NCCc2c(C)n[nH]c2C)ccn1. The van der Waals surface area contributed by atoms with Gasteiger partial charge in [-0.1, -0.05) is 0 Å². The van der Waals surface area contributed by atoms with Gasteiger partial charge in [-0.15, -0.1) is 0 Å². The van der Waals surface area contributed by atoms with E-state index in [-0.39, 0.29) is 12.5 Å². The molecule has 3 N–H and O–H groups in total. The second-order valence-electron chi connectivity index (χ2n) is 5.53. The van der Waals surface area contributed by atoms with E-state index in [9.17, 15) is 9.59 Å². The molecule has 0 aliphatic heterocycles. The standard InChI is InChI=1S/C17H23N5O3/c1-4-25-17(24)20-10-14-9-13(5-7-18-14)16(23)19-8-6-15-11(2)21-22-12(15)3/h5,7,9H,4,6,8,10H2,1-3H3,(H,19,23)(H,20,24)(H,21,22). The zero-order valence-electron chi connectivity index (χ0n) is 14.7.